The van der Waals surface area contributed by atoms with E-state index in [1.165, 1.54) is 6.33 Å². The van der Waals surface area contributed by atoms with Crippen molar-refractivity contribution in [2.45, 2.75) is 6.61 Å². The minimum absolute atomic E-state index is 0.0351. The van der Waals surface area contributed by atoms with E-state index in [1.807, 2.05) is 65.4 Å². The standard InChI is InChI=1S/C19H15N3O2/c23-11-13-5-4-8-15(9-13)22-10-16(14-6-2-1-3-7-14)17-18(22)20-12-21-19(17)24/h1-10,12,23H,11H2,(H,20,21,24). The lowest BCUT2D eigenvalue weighted by Crippen LogP contribution is -2.07. The zero-order chi connectivity index (χ0) is 16.5. The number of aromatic amines is 1. The van der Waals surface area contributed by atoms with Crippen LogP contribution in [0.2, 0.25) is 0 Å². The van der Waals surface area contributed by atoms with Crippen molar-refractivity contribution in [2.75, 3.05) is 0 Å². The molecule has 118 valence electrons. The predicted octanol–water partition coefficient (Wildman–Crippen LogP) is 2.87. The highest BCUT2D eigenvalue weighted by molar-refractivity contribution is 5.94. The van der Waals surface area contributed by atoms with Crippen LogP contribution >= 0.6 is 0 Å². The maximum atomic E-state index is 12.4. The van der Waals surface area contributed by atoms with E-state index in [-0.39, 0.29) is 12.2 Å². The lowest BCUT2D eigenvalue weighted by molar-refractivity contribution is 0.282. The van der Waals surface area contributed by atoms with E-state index in [1.54, 1.807) is 0 Å². The third kappa shape index (κ3) is 2.31. The molecular weight excluding hydrogens is 302 g/mol. The highest BCUT2D eigenvalue weighted by atomic mass is 16.3. The molecule has 0 fully saturated rings. The summed E-state index contributed by atoms with van der Waals surface area (Å²) in [6.45, 7) is -0.0351. The van der Waals surface area contributed by atoms with Crippen LogP contribution in [0, 0.1) is 0 Å². The van der Waals surface area contributed by atoms with Gasteiger partial charge >= 0.3 is 0 Å². The first-order valence-corrected chi connectivity index (χ1v) is 7.62. The summed E-state index contributed by atoms with van der Waals surface area (Å²) in [4.78, 5) is 19.4. The van der Waals surface area contributed by atoms with Gasteiger partial charge < -0.3 is 14.7 Å². The largest absolute Gasteiger partial charge is 0.392 e. The van der Waals surface area contributed by atoms with Crippen LogP contribution in [0.25, 0.3) is 27.8 Å². The van der Waals surface area contributed by atoms with Crippen molar-refractivity contribution in [2.24, 2.45) is 0 Å². The van der Waals surface area contributed by atoms with Crippen LogP contribution in [-0.4, -0.2) is 19.6 Å². The summed E-state index contributed by atoms with van der Waals surface area (Å²) in [7, 11) is 0. The molecule has 5 nitrogen and oxygen atoms in total. The number of benzene rings is 2. The molecule has 2 aromatic heterocycles. The molecule has 0 aliphatic heterocycles. The maximum Gasteiger partial charge on any atom is 0.260 e. The number of nitrogens with zero attached hydrogens (tertiary/aromatic N) is 2. The SMILES string of the molecule is O=c1[nH]cnc2c1c(-c1ccccc1)cn2-c1cccc(CO)c1. The smallest absolute Gasteiger partial charge is 0.260 e. The van der Waals surface area contributed by atoms with Crippen LogP contribution in [0.4, 0.5) is 0 Å². The highest BCUT2D eigenvalue weighted by Gasteiger charge is 2.15. The van der Waals surface area contributed by atoms with Gasteiger partial charge in [-0.3, -0.25) is 4.79 Å². The van der Waals surface area contributed by atoms with Crippen LogP contribution < -0.4 is 5.56 Å². The lowest BCUT2D eigenvalue weighted by Gasteiger charge is -2.06. The number of nitrogens with one attached hydrogen (secondary N) is 1. The van der Waals surface area contributed by atoms with Crippen LogP contribution in [0.1, 0.15) is 5.56 Å². The van der Waals surface area contributed by atoms with E-state index in [0.29, 0.717) is 11.0 Å². The van der Waals surface area contributed by atoms with Gasteiger partial charge in [0.2, 0.25) is 0 Å². The Morgan fingerprint density at radius 1 is 1.08 bits per heavy atom. The van der Waals surface area contributed by atoms with E-state index in [0.717, 1.165) is 22.4 Å². The summed E-state index contributed by atoms with van der Waals surface area (Å²) in [6.07, 6.45) is 3.32. The van der Waals surface area contributed by atoms with E-state index >= 15 is 0 Å². The van der Waals surface area contributed by atoms with Gasteiger partial charge in [-0.05, 0) is 23.3 Å². The zero-order valence-corrected chi connectivity index (χ0v) is 12.8. The number of aliphatic hydroxyl groups excluding tert-OH is 1. The Morgan fingerprint density at radius 3 is 2.71 bits per heavy atom. The minimum atomic E-state index is -0.170. The molecule has 0 unspecified atom stereocenters. The van der Waals surface area contributed by atoms with Gasteiger partial charge in [0.05, 0.1) is 18.3 Å². The van der Waals surface area contributed by atoms with Gasteiger partial charge in [-0.25, -0.2) is 4.98 Å². The molecule has 2 heterocycles. The first-order valence-electron chi connectivity index (χ1n) is 7.62. The molecule has 0 amide bonds. The van der Waals surface area contributed by atoms with Crippen molar-refractivity contribution in [1.29, 1.82) is 0 Å². The second-order valence-electron chi connectivity index (χ2n) is 5.54. The molecule has 0 radical (unpaired) electrons. The Bertz CT molecular complexity index is 1060. The molecule has 2 aromatic carbocycles. The van der Waals surface area contributed by atoms with Crippen molar-refractivity contribution in [3.8, 4) is 16.8 Å². The number of fused-ring (bicyclic) bond motifs is 1. The Balaban J connectivity index is 2.04. The molecule has 24 heavy (non-hydrogen) atoms. The molecule has 0 atom stereocenters. The number of hydrogen-bond acceptors (Lipinski definition) is 3. The van der Waals surface area contributed by atoms with Crippen molar-refractivity contribution in [1.82, 2.24) is 14.5 Å². The third-order valence-electron chi connectivity index (χ3n) is 4.04. The molecule has 0 saturated heterocycles. The fourth-order valence-electron chi connectivity index (χ4n) is 2.91. The molecule has 4 aromatic rings. The quantitative estimate of drug-likeness (QED) is 0.610. The fraction of sp³-hybridized carbons (Fsp3) is 0.0526. The monoisotopic (exact) mass is 317 g/mol. The second kappa shape index (κ2) is 5.79. The number of hydrogen-bond donors (Lipinski definition) is 2. The van der Waals surface area contributed by atoms with Crippen molar-refractivity contribution in [3.05, 3.63) is 83.0 Å². The minimum Gasteiger partial charge on any atom is -0.392 e. The van der Waals surface area contributed by atoms with E-state index in [4.69, 9.17) is 0 Å². The van der Waals surface area contributed by atoms with Crippen LogP contribution in [0.5, 0.6) is 0 Å². The van der Waals surface area contributed by atoms with Gasteiger partial charge in [0.25, 0.3) is 5.56 Å². The van der Waals surface area contributed by atoms with Crippen LogP contribution in [-0.2, 0) is 6.61 Å². The average molecular weight is 317 g/mol. The second-order valence-corrected chi connectivity index (χ2v) is 5.54. The predicted molar refractivity (Wildman–Crippen MR) is 93.0 cm³/mol. The molecule has 4 rings (SSSR count). The van der Waals surface area contributed by atoms with Crippen molar-refractivity contribution in [3.63, 3.8) is 0 Å². The first kappa shape index (κ1) is 14.4. The molecule has 5 heteroatoms. The normalized spacial score (nSPS) is 11.0. The van der Waals surface area contributed by atoms with Gasteiger partial charge in [-0.1, -0.05) is 42.5 Å². The number of aromatic nitrogens is 3. The lowest BCUT2D eigenvalue weighted by atomic mass is 10.1. The summed E-state index contributed by atoms with van der Waals surface area (Å²) < 4.78 is 1.88. The average Bonchev–Trinajstić information content (AvgIpc) is 3.04. The topological polar surface area (TPSA) is 70.9 Å². The highest BCUT2D eigenvalue weighted by Crippen LogP contribution is 2.29. The third-order valence-corrected chi connectivity index (χ3v) is 4.04. The maximum absolute atomic E-state index is 12.4. The van der Waals surface area contributed by atoms with Crippen LogP contribution in [0.3, 0.4) is 0 Å². The van der Waals surface area contributed by atoms with E-state index in [9.17, 15) is 9.90 Å². The number of H-pyrrole nitrogens is 1. The van der Waals surface area contributed by atoms with Gasteiger partial charge in [0, 0.05) is 17.4 Å². The molecular formula is C19H15N3O2. The Hall–Kier alpha value is -3.18. The summed E-state index contributed by atoms with van der Waals surface area (Å²) in [6, 6.07) is 17.3. The van der Waals surface area contributed by atoms with Gasteiger partial charge in [0.15, 0.2) is 5.65 Å². The van der Waals surface area contributed by atoms with E-state index < -0.39 is 0 Å². The fourth-order valence-corrected chi connectivity index (χ4v) is 2.91. The van der Waals surface area contributed by atoms with Crippen molar-refractivity contribution < 1.29 is 5.11 Å². The molecule has 2 N–H and O–H groups in total. The van der Waals surface area contributed by atoms with Gasteiger partial charge in [-0.15, -0.1) is 0 Å². The molecule has 0 aliphatic carbocycles. The molecule has 0 aliphatic rings. The van der Waals surface area contributed by atoms with E-state index in [2.05, 4.69) is 9.97 Å². The van der Waals surface area contributed by atoms with Crippen molar-refractivity contribution >= 4 is 11.0 Å². The molecule has 0 spiro atoms. The Labute approximate surface area is 137 Å². The molecule has 0 bridgehead atoms. The summed E-state index contributed by atoms with van der Waals surface area (Å²) in [5.74, 6) is 0. The first-order chi connectivity index (χ1) is 11.8. The number of aliphatic hydroxyl groups is 1. The van der Waals surface area contributed by atoms with Gasteiger partial charge in [-0.2, -0.15) is 0 Å². The number of rotatable bonds is 3. The molecule has 0 saturated carbocycles. The summed E-state index contributed by atoms with van der Waals surface area (Å²) in [5.41, 5.74) is 3.86. The Morgan fingerprint density at radius 2 is 1.92 bits per heavy atom. The van der Waals surface area contributed by atoms with Gasteiger partial charge in [0.1, 0.15) is 0 Å². The summed E-state index contributed by atoms with van der Waals surface area (Å²) in [5, 5.41) is 9.92. The Kier molecular flexibility index (Phi) is 3.48. The summed E-state index contributed by atoms with van der Waals surface area (Å²) >= 11 is 0. The zero-order valence-electron chi connectivity index (χ0n) is 12.8. The van der Waals surface area contributed by atoms with Crippen LogP contribution in [0.15, 0.2) is 71.9 Å².